The van der Waals surface area contributed by atoms with Crippen molar-refractivity contribution in [2.75, 3.05) is 0 Å². The molecule has 5 heteroatoms. The van der Waals surface area contributed by atoms with E-state index in [0.717, 1.165) is 34.6 Å². The van der Waals surface area contributed by atoms with Crippen LogP contribution in [-0.2, 0) is 11.2 Å². The second-order valence-corrected chi connectivity index (χ2v) is 5.38. The van der Waals surface area contributed by atoms with Crippen molar-refractivity contribution in [2.24, 2.45) is 0 Å². The Morgan fingerprint density at radius 1 is 1.33 bits per heavy atom. The van der Waals surface area contributed by atoms with E-state index < -0.39 is 0 Å². The highest BCUT2D eigenvalue weighted by molar-refractivity contribution is 5.79. The lowest BCUT2D eigenvalue weighted by atomic mass is 10.1. The standard InChI is InChI=1S/C16H22N4O/c1-5-14(15-7-6-10(2)9-17-15)18-16(21)8-13-11(3)19-20-12(13)4/h6-7,9,14H,5,8H2,1-4H3,(H,18,21)(H,19,20). The van der Waals surface area contributed by atoms with Crippen LogP contribution in [0.3, 0.4) is 0 Å². The third kappa shape index (κ3) is 3.68. The molecule has 0 fully saturated rings. The van der Waals surface area contributed by atoms with E-state index in [1.165, 1.54) is 0 Å². The van der Waals surface area contributed by atoms with Gasteiger partial charge in [-0.2, -0.15) is 5.10 Å². The lowest BCUT2D eigenvalue weighted by Gasteiger charge is -2.16. The van der Waals surface area contributed by atoms with Crippen LogP contribution in [-0.4, -0.2) is 21.1 Å². The van der Waals surface area contributed by atoms with Gasteiger partial charge in [0.25, 0.3) is 0 Å². The summed E-state index contributed by atoms with van der Waals surface area (Å²) in [5.41, 5.74) is 4.81. The third-order valence-electron chi connectivity index (χ3n) is 3.65. The van der Waals surface area contributed by atoms with Crippen LogP contribution >= 0.6 is 0 Å². The van der Waals surface area contributed by atoms with Gasteiger partial charge in [0.15, 0.2) is 0 Å². The monoisotopic (exact) mass is 286 g/mol. The van der Waals surface area contributed by atoms with E-state index in [1.54, 1.807) is 0 Å². The Morgan fingerprint density at radius 2 is 2.10 bits per heavy atom. The van der Waals surface area contributed by atoms with E-state index in [0.29, 0.717) is 6.42 Å². The molecule has 2 aromatic rings. The van der Waals surface area contributed by atoms with E-state index in [9.17, 15) is 4.79 Å². The van der Waals surface area contributed by atoms with E-state index in [1.807, 2.05) is 46.0 Å². The van der Waals surface area contributed by atoms with Crippen molar-refractivity contribution in [3.63, 3.8) is 0 Å². The highest BCUT2D eigenvalue weighted by atomic mass is 16.1. The SMILES string of the molecule is CCC(NC(=O)Cc1c(C)n[nH]c1C)c1ccc(C)cn1. The molecular formula is C16H22N4O. The van der Waals surface area contributed by atoms with Crippen molar-refractivity contribution in [3.05, 3.63) is 46.5 Å². The van der Waals surface area contributed by atoms with Gasteiger partial charge in [-0.25, -0.2) is 0 Å². The van der Waals surface area contributed by atoms with E-state index in [4.69, 9.17) is 0 Å². The Morgan fingerprint density at radius 3 is 2.62 bits per heavy atom. The Hall–Kier alpha value is -2.17. The molecule has 1 amide bonds. The first-order valence-electron chi connectivity index (χ1n) is 7.23. The molecule has 0 spiro atoms. The second-order valence-electron chi connectivity index (χ2n) is 5.38. The number of hydrogen-bond donors (Lipinski definition) is 2. The molecule has 21 heavy (non-hydrogen) atoms. The molecule has 1 atom stereocenters. The van der Waals surface area contributed by atoms with Gasteiger partial charge < -0.3 is 5.32 Å². The molecule has 0 aliphatic heterocycles. The normalized spacial score (nSPS) is 12.2. The topological polar surface area (TPSA) is 70.7 Å². The zero-order valence-corrected chi connectivity index (χ0v) is 13.0. The fraction of sp³-hybridized carbons (Fsp3) is 0.438. The van der Waals surface area contributed by atoms with Crippen LogP contribution in [0, 0.1) is 20.8 Å². The van der Waals surface area contributed by atoms with Gasteiger partial charge in [-0.15, -0.1) is 0 Å². The van der Waals surface area contributed by atoms with Crippen LogP contribution in [0.1, 0.15) is 47.6 Å². The molecule has 0 saturated heterocycles. The summed E-state index contributed by atoms with van der Waals surface area (Å²) in [6, 6.07) is 3.94. The molecule has 112 valence electrons. The van der Waals surface area contributed by atoms with Crippen LogP contribution in [0.4, 0.5) is 0 Å². The second kappa shape index (κ2) is 6.52. The molecular weight excluding hydrogens is 264 g/mol. The zero-order valence-electron chi connectivity index (χ0n) is 13.0. The number of aryl methyl sites for hydroxylation is 3. The van der Waals surface area contributed by atoms with Crippen molar-refractivity contribution in [3.8, 4) is 0 Å². The molecule has 5 nitrogen and oxygen atoms in total. The molecule has 0 radical (unpaired) electrons. The Kier molecular flexibility index (Phi) is 4.73. The summed E-state index contributed by atoms with van der Waals surface area (Å²) in [5.74, 6) is -0.00294. The predicted molar refractivity (Wildman–Crippen MR) is 81.9 cm³/mol. The average molecular weight is 286 g/mol. The molecule has 0 aliphatic rings. The van der Waals surface area contributed by atoms with Crippen molar-refractivity contribution in [2.45, 2.75) is 46.6 Å². The number of rotatable bonds is 5. The van der Waals surface area contributed by atoms with Crippen molar-refractivity contribution < 1.29 is 4.79 Å². The lowest BCUT2D eigenvalue weighted by molar-refractivity contribution is -0.121. The number of carbonyl (C=O) groups is 1. The van der Waals surface area contributed by atoms with Crippen molar-refractivity contribution >= 4 is 5.91 Å². The molecule has 2 aromatic heterocycles. The summed E-state index contributed by atoms with van der Waals surface area (Å²) in [6.45, 7) is 7.88. The van der Waals surface area contributed by atoms with E-state index >= 15 is 0 Å². The number of nitrogens with one attached hydrogen (secondary N) is 2. The number of H-pyrrole nitrogens is 1. The van der Waals surface area contributed by atoms with E-state index in [2.05, 4.69) is 20.5 Å². The fourth-order valence-electron chi connectivity index (χ4n) is 2.31. The molecule has 0 aliphatic carbocycles. The summed E-state index contributed by atoms with van der Waals surface area (Å²) in [7, 11) is 0. The van der Waals surface area contributed by atoms with Gasteiger partial charge in [0.2, 0.25) is 5.91 Å². The number of carbonyl (C=O) groups excluding carboxylic acids is 1. The quantitative estimate of drug-likeness (QED) is 0.887. The van der Waals surface area contributed by atoms with Crippen LogP contribution in [0.15, 0.2) is 18.3 Å². The summed E-state index contributed by atoms with van der Waals surface area (Å²) in [6.07, 6.45) is 2.98. The lowest BCUT2D eigenvalue weighted by Crippen LogP contribution is -2.30. The van der Waals surface area contributed by atoms with Crippen molar-refractivity contribution in [1.29, 1.82) is 0 Å². The number of nitrogens with zero attached hydrogens (tertiary/aromatic N) is 2. The average Bonchev–Trinajstić information content (AvgIpc) is 2.78. The van der Waals surface area contributed by atoms with Gasteiger partial charge in [-0.1, -0.05) is 13.0 Å². The summed E-state index contributed by atoms with van der Waals surface area (Å²) in [5, 5.41) is 10.1. The molecule has 2 heterocycles. The Balaban J connectivity index is 2.05. The summed E-state index contributed by atoms with van der Waals surface area (Å²) < 4.78 is 0. The molecule has 2 N–H and O–H groups in total. The summed E-state index contributed by atoms with van der Waals surface area (Å²) in [4.78, 5) is 16.6. The Labute approximate surface area is 125 Å². The molecule has 0 saturated carbocycles. The summed E-state index contributed by atoms with van der Waals surface area (Å²) >= 11 is 0. The van der Waals surface area contributed by atoms with Crippen LogP contribution < -0.4 is 5.32 Å². The van der Waals surface area contributed by atoms with Gasteiger partial charge in [0.1, 0.15) is 0 Å². The number of amides is 1. The van der Waals surface area contributed by atoms with Crippen LogP contribution in [0.5, 0.6) is 0 Å². The molecule has 2 rings (SSSR count). The molecule has 1 unspecified atom stereocenters. The molecule has 0 bridgehead atoms. The van der Waals surface area contributed by atoms with Gasteiger partial charge in [-0.05, 0) is 38.8 Å². The number of pyridine rings is 1. The fourth-order valence-corrected chi connectivity index (χ4v) is 2.31. The van der Waals surface area contributed by atoms with Gasteiger partial charge in [-0.3, -0.25) is 14.9 Å². The van der Waals surface area contributed by atoms with Gasteiger partial charge >= 0.3 is 0 Å². The predicted octanol–water partition coefficient (Wildman–Crippen LogP) is 2.54. The largest absolute Gasteiger partial charge is 0.347 e. The minimum absolute atomic E-state index is 0.00294. The van der Waals surface area contributed by atoms with Crippen LogP contribution in [0.25, 0.3) is 0 Å². The highest BCUT2D eigenvalue weighted by Gasteiger charge is 2.16. The third-order valence-corrected chi connectivity index (χ3v) is 3.65. The number of aromatic amines is 1. The first-order valence-corrected chi connectivity index (χ1v) is 7.23. The zero-order chi connectivity index (χ0) is 15.4. The van der Waals surface area contributed by atoms with E-state index in [-0.39, 0.29) is 11.9 Å². The van der Waals surface area contributed by atoms with Gasteiger partial charge in [0.05, 0.1) is 23.9 Å². The van der Waals surface area contributed by atoms with Crippen LogP contribution in [0.2, 0.25) is 0 Å². The first-order chi connectivity index (χ1) is 10.0. The maximum absolute atomic E-state index is 12.2. The number of aromatic nitrogens is 3. The maximum Gasteiger partial charge on any atom is 0.225 e. The maximum atomic E-state index is 12.2. The minimum atomic E-state index is -0.0504. The van der Waals surface area contributed by atoms with Crippen molar-refractivity contribution in [1.82, 2.24) is 20.5 Å². The van der Waals surface area contributed by atoms with Gasteiger partial charge in [0, 0.05) is 17.5 Å². The minimum Gasteiger partial charge on any atom is -0.347 e. The highest BCUT2D eigenvalue weighted by Crippen LogP contribution is 2.16. The smallest absolute Gasteiger partial charge is 0.225 e. The first kappa shape index (κ1) is 15.2. The number of hydrogen-bond acceptors (Lipinski definition) is 3. The molecule has 0 aromatic carbocycles. The Bertz CT molecular complexity index is 596.